The van der Waals surface area contributed by atoms with Gasteiger partial charge >= 0.3 is 0 Å². The zero-order valence-electron chi connectivity index (χ0n) is 21.1. The number of nitrogens with zero attached hydrogens (tertiary/aromatic N) is 3. The van der Waals surface area contributed by atoms with E-state index in [1.807, 2.05) is 37.3 Å². The second-order valence-corrected chi connectivity index (χ2v) is 9.78. The van der Waals surface area contributed by atoms with Crippen LogP contribution in [0, 0.1) is 12.8 Å². The van der Waals surface area contributed by atoms with Crippen LogP contribution in [-0.4, -0.2) is 59.2 Å². The molecule has 2 unspecified atom stereocenters. The molecule has 3 heterocycles. The van der Waals surface area contributed by atoms with E-state index < -0.39 is 0 Å². The van der Waals surface area contributed by atoms with E-state index in [2.05, 4.69) is 25.7 Å². The highest BCUT2D eigenvalue weighted by atomic mass is 16.5. The summed E-state index contributed by atoms with van der Waals surface area (Å²) in [6.07, 6.45) is 3.71. The van der Waals surface area contributed by atoms with Crippen LogP contribution >= 0.6 is 0 Å². The minimum absolute atomic E-state index is 0.0607. The van der Waals surface area contributed by atoms with Gasteiger partial charge in [0.1, 0.15) is 0 Å². The summed E-state index contributed by atoms with van der Waals surface area (Å²) in [4.78, 5) is 32.8. The highest BCUT2D eigenvalue weighted by Gasteiger charge is 2.28. The third kappa shape index (κ3) is 6.23. The number of aromatic nitrogens is 2. The summed E-state index contributed by atoms with van der Waals surface area (Å²) in [6.45, 7) is 5.16. The third-order valence-corrected chi connectivity index (χ3v) is 7.03. The molecule has 37 heavy (non-hydrogen) atoms. The SMILES string of the molecule is Cc1ccccc1-c1noc(CN2CCCC(C(=O)Nc3ccccc3C(=O)NCC3CCCO3)C2)n1. The van der Waals surface area contributed by atoms with E-state index in [1.54, 1.807) is 18.2 Å². The third-order valence-electron chi connectivity index (χ3n) is 7.03. The first-order valence-corrected chi connectivity index (χ1v) is 13.0. The first-order valence-electron chi connectivity index (χ1n) is 13.0. The number of benzene rings is 2. The van der Waals surface area contributed by atoms with Gasteiger partial charge in [-0.05, 0) is 56.8 Å². The van der Waals surface area contributed by atoms with E-state index in [-0.39, 0.29) is 23.8 Å². The summed E-state index contributed by atoms with van der Waals surface area (Å²) < 4.78 is 11.1. The van der Waals surface area contributed by atoms with Crippen LogP contribution in [0.3, 0.4) is 0 Å². The van der Waals surface area contributed by atoms with E-state index >= 15 is 0 Å². The Labute approximate surface area is 216 Å². The number of amides is 2. The average molecular weight is 504 g/mol. The predicted octanol–water partition coefficient (Wildman–Crippen LogP) is 3.80. The number of hydrogen-bond donors (Lipinski definition) is 2. The van der Waals surface area contributed by atoms with Gasteiger partial charge in [0.2, 0.25) is 17.6 Å². The molecule has 9 nitrogen and oxygen atoms in total. The molecule has 194 valence electrons. The van der Waals surface area contributed by atoms with Crippen molar-refractivity contribution >= 4 is 17.5 Å². The normalized spacial score (nSPS) is 20.0. The van der Waals surface area contributed by atoms with Crippen molar-refractivity contribution in [1.29, 1.82) is 0 Å². The number of para-hydroxylation sites is 1. The van der Waals surface area contributed by atoms with Gasteiger partial charge in [0, 0.05) is 25.3 Å². The van der Waals surface area contributed by atoms with Gasteiger partial charge in [-0.3, -0.25) is 14.5 Å². The summed E-state index contributed by atoms with van der Waals surface area (Å²) in [5, 5.41) is 10.1. The fourth-order valence-corrected chi connectivity index (χ4v) is 4.99. The Kier molecular flexibility index (Phi) is 7.91. The van der Waals surface area contributed by atoms with Gasteiger partial charge in [-0.2, -0.15) is 4.98 Å². The van der Waals surface area contributed by atoms with Crippen LogP contribution in [0.2, 0.25) is 0 Å². The first kappa shape index (κ1) is 25.1. The second-order valence-electron chi connectivity index (χ2n) is 9.78. The van der Waals surface area contributed by atoms with Crippen molar-refractivity contribution in [3.63, 3.8) is 0 Å². The zero-order chi connectivity index (χ0) is 25.6. The number of ether oxygens (including phenoxy) is 1. The average Bonchev–Trinajstić information content (AvgIpc) is 3.60. The maximum atomic E-state index is 13.2. The molecule has 0 aliphatic carbocycles. The number of likely N-dealkylation sites (tertiary alicyclic amines) is 1. The number of carbonyl (C=O) groups excluding carboxylic acids is 2. The molecule has 2 aliphatic heterocycles. The van der Waals surface area contributed by atoms with Gasteiger partial charge in [0.15, 0.2) is 0 Å². The predicted molar refractivity (Wildman–Crippen MR) is 139 cm³/mol. The molecular formula is C28H33N5O4. The molecule has 2 saturated heterocycles. The topological polar surface area (TPSA) is 110 Å². The number of hydrogen-bond acceptors (Lipinski definition) is 7. The largest absolute Gasteiger partial charge is 0.376 e. The monoisotopic (exact) mass is 503 g/mol. The quantitative estimate of drug-likeness (QED) is 0.481. The van der Waals surface area contributed by atoms with Crippen molar-refractivity contribution in [3.05, 3.63) is 65.5 Å². The van der Waals surface area contributed by atoms with E-state index in [1.165, 1.54) is 0 Å². The molecule has 9 heteroatoms. The van der Waals surface area contributed by atoms with Crippen molar-refractivity contribution < 1.29 is 18.8 Å². The van der Waals surface area contributed by atoms with Gasteiger partial charge in [-0.1, -0.05) is 41.6 Å². The van der Waals surface area contributed by atoms with Crippen LogP contribution in [0.4, 0.5) is 5.69 Å². The Morgan fingerprint density at radius 3 is 2.76 bits per heavy atom. The Bertz CT molecular complexity index is 1240. The van der Waals surface area contributed by atoms with Gasteiger partial charge < -0.3 is 19.9 Å². The van der Waals surface area contributed by atoms with E-state index in [4.69, 9.17) is 9.26 Å². The lowest BCUT2D eigenvalue weighted by molar-refractivity contribution is -0.121. The van der Waals surface area contributed by atoms with Crippen LogP contribution in [0.15, 0.2) is 53.1 Å². The minimum atomic E-state index is -0.211. The van der Waals surface area contributed by atoms with Crippen LogP contribution in [0.25, 0.3) is 11.4 Å². The van der Waals surface area contributed by atoms with E-state index in [0.717, 1.165) is 50.0 Å². The molecule has 0 radical (unpaired) electrons. The van der Waals surface area contributed by atoms with Crippen molar-refractivity contribution in [2.24, 2.45) is 5.92 Å². The standard InChI is InChI=1S/C28H33N5O4/c1-19-8-2-3-11-22(19)26-31-25(37-32-26)18-33-14-6-9-20(17-33)27(34)30-24-13-5-4-12-23(24)28(35)29-16-21-10-7-15-36-21/h2-5,8,11-13,20-21H,6-7,9-10,14-18H2,1H3,(H,29,35)(H,30,34). The zero-order valence-corrected chi connectivity index (χ0v) is 21.1. The van der Waals surface area contributed by atoms with Gasteiger partial charge in [-0.15, -0.1) is 0 Å². The lowest BCUT2D eigenvalue weighted by atomic mass is 9.96. The smallest absolute Gasteiger partial charge is 0.253 e. The molecule has 2 amide bonds. The summed E-state index contributed by atoms with van der Waals surface area (Å²) in [6, 6.07) is 15.1. The number of nitrogens with one attached hydrogen (secondary N) is 2. The van der Waals surface area contributed by atoms with Crippen LogP contribution < -0.4 is 10.6 Å². The Morgan fingerprint density at radius 1 is 1.08 bits per heavy atom. The summed E-state index contributed by atoms with van der Waals surface area (Å²) in [7, 11) is 0. The second kappa shape index (κ2) is 11.7. The number of anilines is 1. The molecule has 2 aliphatic rings. The summed E-state index contributed by atoms with van der Waals surface area (Å²) >= 11 is 0. The molecule has 1 aromatic heterocycles. The van der Waals surface area contributed by atoms with E-state index in [0.29, 0.717) is 42.6 Å². The lowest BCUT2D eigenvalue weighted by Gasteiger charge is -2.31. The molecule has 2 N–H and O–H groups in total. The molecule has 0 spiro atoms. The maximum Gasteiger partial charge on any atom is 0.253 e. The van der Waals surface area contributed by atoms with Gasteiger partial charge in [0.05, 0.1) is 29.8 Å². The highest BCUT2D eigenvalue weighted by molar-refractivity contribution is 6.04. The van der Waals surface area contributed by atoms with Crippen LogP contribution in [0.1, 0.15) is 47.5 Å². The minimum Gasteiger partial charge on any atom is -0.376 e. The molecular weight excluding hydrogens is 470 g/mol. The Hall–Kier alpha value is -3.56. The maximum absolute atomic E-state index is 13.2. The van der Waals surface area contributed by atoms with Crippen molar-refractivity contribution in [3.8, 4) is 11.4 Å². The van der Waals surface area contributed by atoms with Crippen molar-refractivity contribution in [2.75, 3.05) is 31.6 Å². The van der Waals surface area contributed by atoms with Crippen LogP contribution in [0.5, 0.6) is 0 Å². The van der Waals surface area contributed by atoms with Gasteiger partial charge in [0.25, 0.3) is 5.91 Å². The number of rotatable bonds is 8. The number of piperidine rings is 1. The van der Waals surface area contributed by atoms with Crippen molar-refractivity contribution in [2.45, 2.75) is 45.3 Å². The van der Waals surface area contributed by atoms with Gasteiger partial charge in [-0.25, -0.2) is 0 Å². The summed E-state index contributed by atoms with van der Waals surface area (Å²) in [5.74, 6) is 0.615. The number of carbonyl (C=O) groups is 2. The molecule has 2 atom stereocenters. The Morgan fingerprint density at radius 2 is 1.92 bits per heavy atom. The lowest BCUT2D eigenvalue weighted by Crippen LogP contribution is -2.40. The van der Waals surface area contributed by atoms with E-state index in [9.17, 15) is 9.59 Å². The van der Waals surface area contributed by atoms with Crippen molar-refractivity contribution in [1.82, 2.24) is 20.4 Å². The highest BCUT2D eigenvalue weighted by Crippen LogP contribution is 2.24. The molecule has 0 saturated carbocycles. The van der Waals surface area contributed by atoms with Crippen LogP contribution in [-0.2, 0) is 16.1 Å². The molecule has 2 fully saturated rings. The molecule has 3 aromatic rings. The number of aryl methyl sites for hydroxylation is 1. The fraction of sp³-hybridized carbons (Fsp3) is 0.429. The summed E-state index contributed by atoms with van der Waals surface area (Å²) in [5.41, 5.74) is 3.02. The Balaban J connectivity index is 1.18. The first-order chi connectivity index (χ1) is 18.1. The molecule has 2 aromatic carbocycles. The molecule has 0 bridgehead atoms. The molecule has 5 rings (SSSR count). The fourth-order valence-electron chi connectivity index (χ4n) is 4.99.